The summed E-state index contributed by atoms with van der Waals surface area (Å²) in [5.41, 5.74) is 1.42. The molecule has 0 aliphatic carbocycles. The molecule has 0 fully saturated rings. The molecule has 5 nitrogen and oxygen atoms in total. The SMILES string of the molecule is CCCc1ccccc1NC(=O)C(=O)NCC(C)(C)CC(C)O. The van der Waals surface area contributed by atoms with Crippen molar-refractivity contribution in [3.8, 4) is 0 Å². The quantitative estimate of drug-likeness (QED) is 0.675. The highest BCUT2D eigenvalue weighted by Crippen LogP contribution is 2.21. The maximum absolute atomic E-state index is 12.0. The summed E-state index contributed by atoms with van der Waals surface area (Å²) in [5.74, 6) is -1.32. The molecule has 1 rings (SSSR count). The molecule has 0 saturated carbocycles. The van der Waals surface area contributed by atoms with E-state index in [0.717, 1.165) is 18.4 Å². The highest BCUT2D eigenvalue weighted by Gasteiger charge is 2.23. The van der Waals surface area contributed by atoms with Crippen LogP contribution in [0.15, 0.2) is 24.3 Å². The first-order chi connectivity index (χ1) is 10.7. The number of nitrogens with one attached hydrogen (secondary N) is 2. The molecule has 0 bridgehead atoms. The first-order valence-corrected chi connectivity index (χ1v) is 8.10. The minimum absolute atomic E-state index is 0.274. The van der Waals surface area contributed by atoms with Crippen LogP contribution in [0.3, 0.4) is 0 Å². The van der Waals surface area contributed by atoms with Gasteiger partial charge in [-0.15, -0.1) is 0 Å². The number of hydrogen-bond acceptors (Lipinski definition) is 3. The van der Waals surface area contributed by atoms with Gasteiger partial charge in [0.2, 0.25) is 0 Å². The standard InChI is InChI=1S/C18H28N2O3/c1-5-8-14-9-6-7-10-15(14)20-17(23)16(22)19-12-18(3,4)11-13(2)21/h6-7,9-10,13,21H,5,8,11-12H2,1-4H3,(H,19,22)(H,20,23). The van der Waals surface area contributed by atoms with E-state index in [4.69, 9.17) is 0 Å². The number of aliphatic hydroxyl groups is 1. The molecule has 0 aliphatic rings. The third-order valence-electron chi connectivity index (χ3n) is 3.57. The Labute approximate surface area is 138 Å². The van der Waals surface area contributed by atoms with Crippen molar-refractivity contribution in [1.29, 1.82) is 0 Å². The number of carbonyl (C=O) groups excluding carboxylic acids is 2. The van der Waals surface area contributed by atoms with Gasteiger partial charge in [-0.05, 0) is 36.8 Å². The molecular formula is C18H28N2O3. The third-order valence-corrected chi connectivity index (χ3v) is 3.57. The second-order valence-electron chi connectivity index (χ2n) is 6.76. The highest BCUT2D eigenvalue weighted by molar-refractivity contribution is 6.39. The van der Waals surface area contributed by atoms with E-state index in [1.165, 1.54) is 0 Å². The van der Waals surface area contributed by atoms with Crippen LogP contribution < -0.4 is 10.6 Å². The smallest absolute Gasteiger partial charge is 0.313 e. The van der Waals surface area contributed by atoms with Crippen molar-refractivity contribution in [1.82, 2.24) is 5.32 Å². The number of carbonyl (C=O) groups is 2. The van der Waals surface area contributed by atoms with E-state index in [1.54, 1.807) is 13.0 Å². The lowest BCUT2D eigenvalue weighted by Crippen LogP contribution is -2.41. The van der Waals surface area contributed by atoms with Crippen LogP contribution >= 0.6 is 0 Å². The van der Waals surface area contributed by atoms with E-state index in [1.807, 2.05) is 32.0 Å². The Morgan fingerprint density at radius 3 is 2.48 bits per heavy atom. The van der Waals surface area contributed by atoms with Gasteiger partial charge < -0.3 is 15.7 Å². The van der Waals surface area contributed by atoms with Crippen LogP contribution in [0.1, 0.15) is 46.1 Å². The van der Waals surface area contributed by atoms with E-state index >= 15 is 0 Å². The van der Waals surface area contributed by atoms with Crippen LogP contribution in [0, 0.1) is 5.41 Å². The predicted octanol–water partition coefficient (Wildman–Crippen LogP) is 2.49. The average molecular weight is 320 g/mol. The zero-order valence-electron chi connectivity index (χ0n) is 14.5. The molecular weight excluding hydrogens is 292 g/mol. The fourth-order valence-corrected chi connectivity index (χ4v) is 2.58. The van der Waals surface area contributed by atoms with Crippen LogP contribution in [0.2, 0.25) is 0 Å². The summed E-state index contributed by atoms with van der Waals surface area (Å²) in [6.45, 7) is 7.99. The molecule has 0 aromatic heterocycles. The van der Waals surface area contributed by atoms with Gasteiger partial charge in [-0.2, -0.15) is 0 Å². The molecule has 5 heteroatoms. The van der Waals surface area contributed by atoms with E-state index in [9.17, 15) is 14.7 Å². The van der Waals surface area contributed by atoms with Crippen molar-refractivity contribution < 1.29 is 14.7 Å². The number of hydrogen-bond donors (Lipinski definition) is 3. The molecule has 1 aromatic carbocycles. The van der Waals surface area contributed by atoms with Crippen LogP contribution in [0.25, 0.3) is 0 Å². The Morgan fingerprint density at radius 1 is 1.22 bits per heavy atom. The van der Waals surface area contributed by atoms with E-state index < -0.39 is 17.9 Å². The number of anilines is 1. The molecule has 1 aromatic rings. The Kier molecular flexibility index (Phi) is 7.23. The molecule has 1 atom stereocenters. The van der Waals surface area contributed by atoms with Gasteiger partial charge in [0.05, 0.1) is 6.10 Å². The zero-order valence-corrected chi connectivity index (χ0v) is 14.5. The van der Waals surface area contributed by atoms with Crippen LogP contribution in [-0.4, -0.2) is 29.6 Å². The topological polar surface area (TPSA) is 78.4 Å². The summed E-state index contributed by atoms with van der Waals surface area (Å²) in [6, 6.07) is 7.49. The van der Waals surface area contributed by atoms with Crippen molar-refractivity contribution in [2.75, 3.05) is 11.9 Å². The van der Waals surface area contributed by atoms with Crippen molar-refractivity contribution in [2.45, 2.75) is 53.1 Å². The van der Waals surface area contributed by atoms with Gasteiger partial charge in [0.25, 0.3) is 0 Å². The van der Waals surface area contributed by atoms with Crippen molar-refractivity contribution in [3.63, 3.8) is 0 Å². The number of rotatable bonds is 7. The Bertz CT molecular complexity index is 539. The predicted molar refractivity (Wildman–Crippen MR) is 92.2 cm³/mol. The number of amides is 2. The molecule has 23 heavy (non-hydrogen) atoms. The Morgan fingerprint density at radius 2 is 1.87 bits per heavy atom. The lowest BCUT2D eigenvalue weighted by molar-refractivity contribution is -0.136. The zero-order chi connectivity index (χ0) is 17.5. The minimum atomic E-state index is -0.665. The number of aliphatic hydroxyl groups excluding tert-OH is 1. The maximum atomic E-state index is 12.0. The van der Waals surface area contributed by atoms with Gasteiger partial charge in [-0.3, -0.25) is 9.59 Å². The molecule has 128 valence electrons. The van der Waals surface area contributed by atoms with Crippen molar-refractivity contribution in [3.05, 3.63) is 29.8 Å². The third kappa shape index (κ3) is 6.82. The largest absolute Gasteiger partial charge is 0.393 e. The monoisotopic (exact) mass is 320 g/mol. The first-order valence-electron chi connectivity index (χ1n) is 8.10. The van der Waals surface area contributed by atoms with Crippen molar-refractivity contribution in [2.24, 2.45) is 5.41 Å². The molecule has 1 unspecified atom stereocenters. The number of para-hydroxylation sites is 1. The Hall–Kier alpha value is -1.88. The number of aryl methyl sites for hydroxylation is 1. The molecule has 3 N–H and O–H groups in total. The summed E-state index contributed by atoms with van der Waals surface area (Å²) in [5, 5.41) is 14.8. The second-order valence-corrected chi connectivity index (χ2v) is 6.76. The maximum Gasteiger partial charge on any atom is 0.313 e. The van der Waals surface area contributed by atoms with Crippen molar-refractivity contribution >= 4 is 17.5 Å². The second kappa shape index (κ2) is 8.67. The van der Waals surface area contributed by atoms with Crippen LogP contribution in [-0.2, 0) is 16.0 Å². The fraction of sp³-hybridized carbons (Fsp3) is 0.556. The molecule has 0 spiro atoms. The van der Waals surface area contributed by atoms with Crippen LogP contribution in [0.5, 0.6) is 0 Å². The molecule has 2 amide bonds. The number of benzene rings is 1. The summed E-state index contributed by atoms with van der Waals surface area (Å²) in [6.07, 6.45) is 1.91. The average Bonchev–Trinajstić information content (AvgIpc) is 2.45. The van der Waals surface area contributed by atoms with E-state index in [-0.39, 0.29) is 5.41 Å². The van der Waals surface area contributed by atoms with E-state index in [0.29, 0.717) is 18.7 Å². The van der Waals surface area contributed by atoms with Gasteiger partial charge in [0, 0.05) is 12.2 Å². The van der Waals surface area contributed by atoms with E-state index in [2.05, 4.69) is 17.6 Å². The first kappa shape index (κ1) is 19.2. The molecule has 0 saturated heterocycles. The summed E-state index contributed by atoms with van der Waals surface area (Å²) in [4.78, 5) is 24.0. The van der Waals surface area contributed by atoms with Gasteiger partial charge in [-0.1, -0.05) is 45.4 Å². The summed E-state index contributed by atoms with van der Waals surface area (Å²) in [7, 11) is 0. The normalized spacial score (nSPS) is 12.6. The highest BCUT2D eigenvalue weighted by atomic mass is 16.3. The van der Waals surface area contributed by atoms with Crippen LogP contribution in [0.4, 0.5) is 5.69 Å². The minimum Gasteiger partial charge on any atom is -0.393 e. The van der Waals surface area contributed by atoms with Gasteiger partial charge >= 0.3 is 11.8 Å². The Balaban J connectivity index is 2.60. The van der Waals surface area contributed by atoms with Gasteiger partial charge in [-0.25, -0.2) is 0 Å². The summed E-state index contributed by atoms with van der Waals surface area (Å²) < 4.78 is 0. The molecule has 0 heterocycles. The lowest BCUT2D eigenvalue weighted by atomic mass is 9.87. The molecule has 0 radical (unpaired) electrons. The molecule has 0 aliphatic heterocycles. The summed E-state index contributed by atoms with van der Waals surface area (Å²) >= 11 is 0. The van der Waals surface area contributed by atoms with Gasteiger partial charge in [0.1, 0.15) is 0 Å². The van der Waals surface area contributed by atoms with Gasteiger partial charge in [0.15, 0.2) is 0 Å². The lowest BCUT2D eigenvalue weighted by Gasteiger charge is -2.26. The fourth-order valence-electron chi connectivity index (χ4n) is 2.58.